The Labute approximate surface area is 250 Å². The maximum absolute atomic E-state index is 15.2. The van der Waals surface area contributed by atoms with E-state index in [-0.39, 0.29) is 11.9 Å². The van der Waals surface area contributed by atoms with Gasteiger partial charge in [-0.15, -0.1) is 0 Å². The molecule has 0 amide bonds. The van der Waals surface area contributed by atoms with Crippen LogP contribution in [-0.2, 0) is 19.4 Å². The number of rotatable bonds is 10. The summed E-state index contributed by atoms with van der Waals surface area (Å²) in [4.78, 5) is 7.10. The highest BCUT2D eigenvalue weighted by Gasteiger charge is 2.26. The topological polar surface area (TPSA) is 48.4 Å². The van der Waals surface area contributed by atoms with Gasteiger partial charge in [0.1, 0.15) is 18.1 Å². The van der Waals surface area contributed by atoms with Gasteiger partial charge < -0.3 is 24.4 Å². The number of fused-ring (bicyclic) bond motifs is 1. The summed E-state index contributed by atoms with van der Waals surface area (Å²) in [6, 6.07) is 17.7. The molecule has 1 unspecified atom stereocenters. The van der Waals surface area contributed by atoms with Crippen molar-refractivity contribution in [3.63, 3.8) is 0 Å². The zero-order chi connectivity index (χ0) is 29.6. The summed E-state index contributed by atoms with van der Waals surface area (Å²) in [7, 11) is 3.86. The average Bonchev–Trinajstić information content (AvgIpc) is 3.20. The summed E-state index contributed by atoms with van der Waals surface area (Å²) < 4.78 is 26.8. The summed E-state index contributed by atoms with van der Waals surface area (Å²) in [5, 5.41) is 9.94. The smallest absolute Gasteiger partial charge is 0.165 e. The molecule has 2 aliphatic rings. The maximum Gasteiger partial charge on any atom is 0.165 e. The van der Waals surface area contributed by atoms with Gasteiger partial charge in [0.15, 0.2) is 11.6 Å². The van der Waals surface area contributed by atoms with E-state index in [2.05, 4.69) is 53.8 Å². The van der Waals surface area contributed by atoms with Gasteiger partial charge in [0, 0.05) is 44.0 Å². The molecule has 0 bridgehead atoms. The zero-order valence-corrected chi connectivity index (χ0v) is 25.6. The number of hydrogen-bond acceptors (Lipinski definition) is 6. The Bertz CT molecular complexity index is 1350. The van der Waals surface area contributed by atoms with Crippen LogP contribution in [0.3, 0.4) is 0 Å². The highest BCUT2D eigenvalue weighted by Crippen LogP contribution is 2.40. The van der Waals surface area contributed by atoms with Gasteiger partial charge in [0.05, 0.1) is 7.11 Å². The van der Waals surface area contributed by atoms with Crippen LogP contribution in [0.15, 0.2) is 54.6 Å². The van der Waals surface area contributed by atoms with Crippen molar-refractivity contribution in [2.24, 2.45) is 0 Å². The van der Waals surface area contributed by atoms with Crippen molar-refractivity contribution in [1.29, 1.82) is 0 Å². The fraction of sp³-hybridized carbons (Fsp3) is 0.486. The lowest BCUT2D eigenvalue weighted by Gasteiger charge is -2.35. The van der Waals surface area contributed by atoms with E-state index in [0.29, 0.717) is 30.6 Å². The van der Waals surface area contributed by atoms with Crippen LogP contribution >= 0.6 is 0 Å². The van der Waals surface area contributed by atoms with E-state index in [1.807, 2.05) is 18.2 Å². The highest BCUT2D eigenvalue weighted by atomic mass is 19.1. The molecule has 6 nitrogen and oxygen atoms in total. The maximum atomic E-state index is 15.2. The summed E-state index contributed by atoms with van der Waals surface area (Å²) in [5.41, 5.74) is 5.84. The molecule has 0 aromatic heterocycles. The van der Waals surface area contributed by atoms with Gasteiger partial charge in [0.25, 0.3) is 0 Å². The molecule has 0 spiro atoms. The van der Waals surface area contributed by atoms with E-state index in [9.17, 15) is 5.11 Å². The molecule has 5 rings (SSSR count). The number of methoxy groups -OCH3 is 1. The number of aromatic hydroxyl groups is 1. The third-order valence-corrected chi connectivity index (χ3v) is 8.85. The van der Waals surface area contributed by atoms with Crippen LogP contribution in [0.1, 0.15) is 54.9 Å². The van der Waals surface area contributed by atoms with Crippen LogP contribution in [0.2, 0.25) is 0 Å². The van der Waals surface area contributed by atoms with Crippen molar-refractivity contribution in [3.8, 4) is 17.2 Å². The fourth-order valence-electron chi connectivity index (χ4n) is 6.36. The van der Waals surface area contributed by atoms with E-state index >= 15 is 4.39 Å². The van der Waals surface area contributed by atoms with Crippen molar-refractivity contribution < 1.29 is 19.0 Å². The largest absolute Gasteiger partial charge is 0.508 e. The third-order valence-electron chi connectivity index (χ3n) is 8.85. The molecule has 7 heteroatoms. The first-order valence-electron chi connectivity index (χ1n) is 15.4. The Morgan fingerprint density at radius 1 is 1.00 bits per heavy atom. The lowest BCUT2D eigenvalue weighted by atomic mass is 9.79. The van der Waals surface area contributed by atoms with Gasteiger partial charge in [-0.1, -0.05) is 18.2 Å². The van der Waals surface area contributed by atoms with Crippen molar-refractivity contribution in [2.45, 2.75) is 58.0 Å². The molecule has 1 heterocycles. The number of phenolic OH excluding ortho intramolecular Hbond substituents is 1. The second-order valence-electron chi connectivity index (χ2n) is 12.2. The lowest BCUT2D eigenvalue weighted by molar-refractivity contribution is 0.208. The van der Waals surface area contributed by atoms with E-state index in [1.165, 1.54) is 16.7 Å². The number of anilines is 1. The molecule has 1 aliphatic carbocycles. The van der Waals surface area contributed by atoms with Crippen LogP contribution in [0.5, 0.6) is 17.2 Å². The van der Waals surface area contributed by atoms with Crippen molar-refractivity contribution in [2.75, 3.05) is 58.4 Å². The molecule has 0 radical (unpaired) electrons. The van der Waals surface area contributed by atoms with Crippen molar-refractivity contribution >= 4 is 5.69 Å². The predicted molar refractivity (Wildman–Crippen MR) is 168 cm³/mol. The minimum atomic E-state index is -0.315. The summed E-state index contributed by atoms with van der Waals surface area (Å²) in [5.74, 6) is 1.49. The molecule has 1 N–H and O–H groups in total. The summed E-state index contributed by atoms with van der Waals surface area (Å²) >= 11 is 0. The van der Waals surface area contributed by atoms with Gasteiger partial charge >= 0.3 is 0 Å². The molecule has 42 heavy (non-hydrogen) atoms. The van der Waals surface area contributed by atoms with Crippen molar-refractivity contribution in [3.05, 3.63) is 82.7 Å². The van der Waals surface area contributed by atoms with Crippen LogP contribution in [-0.4, -0.2) is 74.4 Å². The zero-order valence-electron chi connectivity index (χ0n) is 25.6. The van der Waals surface area contributed by atoms with E-state index in [4.69, 9.17) is 9.47 Å². The standard InChI is InChI=1S/C35H46FN3O3/c1-25(2)39(24-26-6-13-35(33(36)20-26)42-19-18-38-15-5-14-37(3)16-17-38)34-23-31(41-4)11-12-32(34)29-8-7-28-22-30(40)10-9-27(28)21-29/h6,9-13,20,22-23,25,29,40H,5,7-8,14-19,21,24H2,1-4H3. The Morgan fingerprint density at radius 2 is 1.86 bits per heavy atom. The minimum Gasteiger partial charge on any atom is -0.508 e. The van der Waals surface area contributed by atoms with Crippen LogP contribution in [0, 0.1) is 5.82 Å². The van der Waals surface area contributed by atoms with Gasteiger partial charge in [0.2, 0.25) is 0 Å². The average molecular weight is 576 g/mol. The van der Waals surface area contributed by atoms with E-state index < -0.39 is 0 Å². The third kappa shape index (κ3) is 7.37. The minimum absolute atomic E-state index is 0.190. The quantitative estimate of drug-likeness (QED) is 0.309. The molecule has 1 atom stereocenters. The molecule has 3 aromatic rings. The van der Waals surface area contributed by atoms with Gasteiger partial charge in [-0.25, -0.2) is 4.39 Å². The van der Waals surface area contributed by atoms with Crippen LogP contribution in [0.4, 0.5) is 10.1 Å². The Hall–Kier alpha value is -3.29. The van der Waals surface area contributed by atoms with Gasteiger partial charge in [-0.05, 0) is 118 Å². The van der Waals surface area contributed by atoms with Crippen LogP contribution < -0.4 is 14.4 Å². The number of phenols is 1. The molecular weight excluding hydrogens is 529 g/mol. The van der Waals surface area contributed by atoms with Crippen molar-refractivity contribution in [1.82, 2.24) is 9.80 Å². The number of hydrogen-bond donors (Lipinski definition) is 1. The molecular formula is C35H46FN3O3. The number of nitrogens with zero attached hydrogens (tertiary/aromatic N) is 3. The number of ether oxygens (including phenoxy) is 2. The lowest BCUT2D eigenvalue weighted by Crippen LogP contribution is -2.32. The Morgan fingerprint density at radius 3 is 2.64 bits per heavy atom. The molecule has 1 fully saturated rings. The first-order chi connectivity index (χ1) is 20.3. The van der Waals surface area contributed by atoms with Crippen LogP contribution in [0.25, 0.3) is 0 Å². The SMILES string of the molecule is COc1ccc(C2CCc3cc(O)ccc3C2)c(N(Cc2ccc(OCCN3CCCN(C)CC3)c(F)c2)C(C)C)c1. The normalized spacial score (nSPS) is 18.0. The first-order valence-corrected chi connectivity index (χ1v) is 15.4. The Kier molecular flexibility index (Phi) is 9.91. The first kappa shape index (κ1) is 30.2. The van der Waals surface area contributed by atoms with Gasteiger partial charge in [-0.2, -0.15) is 0 Å². The molecule has 226 valence electrons. The molecule has 0 saturated carbocycles. The summed E-state index contributed by atoms with van der Waals surface area (Å²) in [6.45, 7) is 10.5. The second kappa shape index (κ2) is 13.8. The number of benzene rings is 3. The number of halogens is 1. The monoisotopic (exact) mass is 575 g/mol. The Balaban J connectivity index is 1.30. The summed E-state index contributed by atoms with van der Waals surface area (Å²) in [6.07, 6.45) is 4.02. The highest BCUT2D eigenvalue weighted by molar-refractivity contribution is 5.60. The number of likely N-dealkylation sites (N-methyl/N-ethyl adjacent to an activating group) is 1. The number of aryl methyl sites for hydroxylation is 1. The van der Waals surface area contributed by atoms with Gasteiger partial charge in [-0.3, -0.25) is 4.90 Å². The predicted octanol–water partition coefficient (Wildman–Crippen LogP) is 6.24. The van der Waals surface area contributed by atoms with E-state index in [1.54, 1.807) is 25.3 Å². The second-order valence-corrected chi connectivity index (χ2v) is 12.2. The molecule has 1 aliphatic heterocycles. The fourth-order valence-corrected chi connectivity index (χ4v) is 6.36. The molecule has 3 aromatic carbocycles. The van der Waals surface area contributed by atoms with E-state index in [0.717, 1.165) is 75.4 Å². The molecule has 1 saturated heterocycles.